The predicted molar refractivity (Wildman–Crippen MR) is 151 cm³/mol. The number of carbonyl (C=O) groups excluding carboxylic acids is 2. The van der Waals surface area contributed by atoms with E-state index in [0.717, 1.165) is 34.9 Å². The summed E-state index contributed by atoms with van der Waals surface area (Å²) in [7, 11) is 3.24. The average Bonchev–Trinajstić information content (AvgIpc) is 3.38. The number of ether oxygens (including phenoxy) is 3. The molecular formula is C29H35N5O5. The highest BCUT2D eigenvalue weighted by molar-refractivity contribution is 6.11. The molecule has 2 aromatic carbocycles. The van der Waals surface area contributed by atoms with E-state index in [1.165, 1.54) is 6.08 Å². The molecule has 1 aliphatic rings. The van der Waals surface area contributed by atoms with E-state index in [1.54, 1.807) is 32.4 Å². The van der Waals surface area contributed by atoms with Crippen LogP contribution in [0.5, 0.6) is 11.5 Å². The fraction of sp³-hybridized carbons (Fsp3) is 0.345. The number of benzene rings is 2. The predicted octanol–water partition coefficient (Wildman–Crippen LogP) is 4.20. The minimum Gasteiger partial charge on any atom is -0.497 e. The maximum Gasteiger partial charge on any atom is 0.258 e. The van der Waals surface area contributed by atoms with E-state index in [9.17, 15) is 9.59 Å². The molecule has 10 heteroatoms. The highest BCUT2D eigenvalue weighted by Crippen LogP contribution is 2.28. The number of carbonyl (C=O) groups is 2. The number of methoxy groups -OCH3 is 2. The number of nitrogens with zero attached hydrogens (tertiary/aromatic N) is 2. The Morgan fingerprint density at radius 2 is 1.74 bits per heavy atom. The molecule has 2 heterocycles. The van der Waals surface area contributed by atoms with Gasteiger partial charge in [0.15, 0.2) is 5.82 Å². The Morgan fingerprint density at radius 1 is 1.05 bits per heavy atom. The van der Waals surface area contributed by atoms with E-state index >= 15 is 0 Å². The van der Waals surface area contributed by atoms with Gasteiger partial charge in [-0.1, -0.05) is 6.58 Å². The molecule has 1 saturated heterocycles. The molecule has 1 aliphatic heterocycles. The topological polar surface area (TPSA) is 118 Å². The SMILES string of the molecule is C=CC(=O)Nc1cc(N2CC(C)OC(C)C2)ccc1C(=O)Nc1cc(CCc2cc(OC)cc(OC)c2)[nH]n1. The van der Waals surface area contributed by atoms with Gasteiger partial charge >= 0.3 is 0 Å². The van der Waals surface area contributed by atoms with E-state index in [-0.39, 0.29) is 18.1 Å². The maximum absolute atomic E-state index is 13.2. The first-order valence-electron chi connectivity index (χ1n) is 12.8. The summed E-state index contributed by atoms with van der Waals surface area (Å²) in [5, 5.41) is 12.8. The molecule has 3 N–H and O–H groups in total. The van der Waals surface area contributed by atoms with Gasteiger partial charge in [-0.05, 0) is 68.7 Å². The number of nitrogens with one attached hydrogen (secondary N) is 3. The number of hydrogen-bond acceptors (Lipinski definition) is 7. The third-order valence-electron chi connectivity index (χ3n) is 6.44. The largest absolute Gasteiger partial charge is 0.497 e. The molecule has 2 amide bonds. The van der Waals surface area contributed by atoms with Crippen LogP contribution in [0, 0.1) is 0 Å². The van der Waals surface area contributed by atoms with Crippen molar-refractivity contribution in [3.05, 3.63) is 71.9 Å². The number of aryl methyl sites for hydroxylation is 2. The van der Waals surface area contributed by atoms with Crippen LogP contribution in [0.4, 0.5) is 17.2 Å². The molecule has 206 valence electrons. The van der Waals surface area contributed by atoms with Gasteiger partial charge in [0.05, 0.1) is 37.7 Å². The van der Waals surface area contributed by atoms with Crippen LogP contribution in [0.1, 0.15) is 35.5 Å². The fourth-order valence-corrected chi connectivity index (χ4v) is 4.63. The molecule has 39 heavy (non-hydrogen) atoms. The molecule has 0 saturated carbocycles. The molecule has 0 aliphatic carbocycles. The molecular weight excluding hydrogens is 498 g/mol. The standard InChI is InChI=1S/C29H35N5O5/c1-6-28(35)30-26-14-22(34-16-18(2)39-19(3)17-34)9-10-25(26)29(36)31-27-13-21(32-33-27)8-7-20-11-23(37-4)15-24(12-20)38-5/h6,9-15,18-19H,1,7-8,16-17H2,2-5H3,(H,30,35)(H2,31,32,33,36). The van der Waals surface area contributed by atoms with Crippen LogP contribution in [0.15, 0.2) is 55.1 Å². The van der Waals surface area contributed by atoms with E-state index < -0.39 is 5.91 Å². The second kappa shape index (κ2) is 12.5. The number of morpholine rings is 1. The summed E-state index contributed by atoms with van der Waals surface area (Å²) in [5.41, 5.74) is 3.52. The van der Waals surface area contributed by atoms with Crippen molar-refractivity contribution < 1.29 is 23.8 Å². The lowest BCUT2D eigenvalue weighted by atomic mass is 10.1. The highest BCUT2D eigenvalue weighted by atomic mass is 16.5. The van der Waals surface area contributed by atoms with Crippen LogP contribution in [-0.4, -0.2) is 61.5 Å². The van der Waals surface area contributed by atoms with E-state index in [4.69, 9.17) is 14.2 Å². The third-order valence-corrected chi connectivity index (χ3v) is 6.44. The van der Waals surface area contributed by atoms with Crippen molar-refractivity contribution in [1.82, 2.24) is 10.2 Å². The van der Waals surface area contributed by atoms with Crippen molar-refractivity contribution in [2.24, 2.45) is 0 Å². The number of H-pyrrole nitrogens is 1. The number of aromatic amines is 1. The van der Waals surface area contributed by atoms with Gasteiger partial charge < -0.3 is 29.7 Å². The summed E-state index contributed by atoms with van der Waals surface area (Å²) < 4.78 is 16.5. The molecule has 2 atom stereocenters. The molecule has 1 aromatic heterocycles. The van der Waals surface area contributed by atoms with Crippen LogP contribution < -0.4 is 25.0 Å². The Bertz CT molecular complexity index is 1310. The zero-order chi connectivity index (χ0) is 27.9. The summed E-state index contributed by atoms with van der Waals surface area (Å²) in [4.78, 5) is 27.6. The fourth-order valence-electron chi connectivity index (χ4n) is 4.63. The Balaban J connectivity index is 1.47. The summed E-state index contributed by atoms with van der Waals surface area (Å²) in [5.74, 6) is 1.05. The number of aromatic nitrogens is 2. The first kappa shape index (κ1) is 27.7. The second-order valence-corrected chi connectivity index (χ2v) is 9.54. The van der Waals surface area contributed by atoms with E-state index in [2.05, 4.69) is 32.3 Å². The zero-order valence-corrected chi connectivity index (χ0v) is 22.7. The van der Waals surface area contributed by atoms with Gasteiger partial charge in [-0.3, -0.25) is 14.7 Å². The molecule has 0 bridgehead atoms. The van der Waals surface area contributed by atoms with E-state index in [1.807, 2.05) is 38.1 Å². The maximum atomic E-state index is 13.2. The van der Waals surface area contributed by atoms with Gasteiger partial charge in [-0.15, -0.1) is 0 Å². The number of hydrogen-bond donors (Lipinski definition) is 3. The monoisotopic (exact) mass is 533 g/mol. The van der Waals surface area contributed by atoms with Crippen LogP contribution in [0.25, 0.3) is 0 Å². The van der Waals surface area contributed by atoms with Gasteiger partial charge in [0, 0.05) is 36.6 Å². The number of rotatable bonds is 10. The van der Waals surface area contributed by atoms with Gasteiger partial charge in [0.1, 0.15) is 11.5 Å². The average molecular weight is 534 g/mol. The number of anilines is 3. The van der Waals surface area contributed by atoms with Crippen LogP contribution in [-0.2, 0) is 22.4 Å². The Kier molecular flexibility index (Phi) is 8.88. The summed E-state index contributed by atoms with van der Waals surface area (Å²) in [6.07, 6.45) is 2.71. The Hall–Kier alpha value is -4.31. The van der Waals surface area contributed by atoms with Crippen LogP contribution in [0.3, 0.4) is 0 Å². The van der Waals surface area contributed by atoms with Crippen molar-refractivity contribution in [2.75, 3.05) is 42.8 Å². The van der Waals surface area contributed by atoms with Crippen LogP contribution in [0.2, 0.25) is 0 Å². The third kappa shape index (κ3) is 7.17. The normalized spacial score (nSPS) is 16.9. The summed E-state index contributed by atoms with van der Waals surface area (Å²) >= 11 is 0. The lowest BCUT2D eigenvalue weighted by Crippen LogP contribution is -2.45. The molecule has 2 unspecified atom stereocenters. The smallest absolute Gasteiger partial charge is 0.258 e. The van der Waals surface area contributed by atoms with Gasteiger partial charge in [-0.25, -0.2) is 0 Å². The van der Waals surface area contributed by atoms with Gasteiger partial charge in [0.2, 0.25) is 5.91 Å². The molecule has 0 spiro atoms. The second-order valence-electron chi connectivity index (χ2n) is 9.54. The summed E-state index contributed by atoms with van der Waals surface area (Å²) in [6, 6.07) is 12.9. The highest BCUT2D eigenvalue weighted by Gasteiger charge is 2.24. The first-order valence-corrected chi connectivity index (χ1v) is 12.8. The van der Waals surface area contributed by atoms with Crippen molar-refractivity contribution >= 4 is 29.0 Å². The molecule has 3 aromatic rings. The molecule has 10 nitrogen and oxygen atoms in total. The zero-order valence-electron chi connectivity index (χ0n) is 22.7. The van der Waals surface area contributed by atoms with E-state index in [0.29, 0.717) is 36.6 Å². The van der Waals surface area contributed by atoms with Crippen molar-refractivity contribution in [3.63, 3.8) is 0 Å². The van der Waals surface area contributed by atoms with Crippen molar-refractivity contribution in [3.8, 4) is 11.5 Å². The summed E-state index contributed by atoms with van der Waals surface area (Å²) in [6.45, 7) is 9.00. The Labute approximate surface area is 228 Å². The number of amides is 2. The molecule has 0 radical (unpaired) electrons. The molecule has 1 fully saturated rings. The van der Waals surface area contributed by atoms with Crippen molar-refractivity contribution in [2.45, 2.75) is 38.9 Å². The van der Waals surface area contributed by atoms with Crippen molar-refractivity contribution in [1.29, 1.82) is 0 Å². The van der Waals surface area contributed by atoms with Gasteiger partial charge in [-0.2, -0.15) is 5.10 Å². The van der Waals surface area contributed by atoms with Crippen LogP contribution >= 0.6 is 0 Å². The molecule has 4 rings (SSSR count). The Morgan fingerprint density at radius 3 is 2.38 bits per heavy atom. The lowest BCUT2D eigenvalue weighted by Gasteiger charge is -2.37. The quantitative estimate of drug-likeness (QED) is 0.334. The minimum atomic E-state index is -0.402. The minimum absolute atomic E-state index is 0.0720. The first-order chi connectivity index (χ1) is 18.8. The lowest BCUT2D eigenvalue weighted by molar-refractivity contribution is -0.111. The van der Waals surface area contributed by atoms with Gasteiger partial charge in [0.25, 0.3) is 5.91 Å².